The van der Waals surface area contributed by atoms with E-state index >= 15 is 0 Å². The van der Waals surface area contributed by atoms with Crippen molar-refractivity contribution in [2.45, 2.75) is 19.3 Å². The predicted octanol–water partition coefficient (Wildman–Crippen LogP) is 11.2. The van der Waals surface area contributed by atoms with Crippen LogP contribution in [0.3, 0.4) is 0 Å². The van der Waals surface area contributed by atoms with E-state index in [-0.39, 0.29) is 5.41 Å². The van der Waals surface area contributed by atoms with Gasteiger partial charge < -0.3 is 0 Å². The highest BCUT2D eigenvalue weighted by Crippen LogP contribution is 2.51. The van der Waals surface area contributed by atoms with E-state index in [1.165, 1.54) is 49.5 Å². The van der Waals surface area contributed by atoms with Crippen LogP contribution in [-0.2, 0) is 5.41 Å². The summed E-state index contributed by atoms with van der Waals surface area (Å²) in [7, 11) is 0. The van der Waals surface area contributed by atoms with Crippen molar-refractivity contribution in [2.24, 2.45) is 0 Å². The van der Waals surface area contributed by atoms with Crippen LogP contribution in [0, 0.1) is 0 Å². The van der Waals surface area contributed by atoms with Gasteiger partial charge in [-0.05, 0) is 91.3 Å². The molecule has 0 fully saturated rings. The molecule has 0 aliphatic heterocycles. The van der Waals surface area contributed by atoms with E-state index in [2.05, 4.69) is 128 Å². The Morgan fingerprint density at radius 1 is 0.426 bits per heavy atom. The van der Waals surface area contributed by atoms with Gasteiger partial charge in [0.05, 0.1) is 17.1 Å². The van der Waals surface area contributed by atoms with Crippen LogP contribution in [0.5, 0.6) is 0 Å². The van der Waals surface area contributed by atoms with Crippen molar-refractivity contribution in [3.05, 3.63) is 163 Å². The van der Waals surface area contributed by atoms with E-state index in [0.717, 1.165) is 33.6 Å². The van der Waals surface area contributed by atoms with Crippen LogP contribution in [0.2, 0.25) is 0 Å². The van der Waals surface area contributed by atoms with E-state index < -0.39 is 0 Å². The first-order valence-corrected chi connectivity index (χ1v) is 16.1. The van der Waals surface area contributed by atoms with E-state index in [9.17, 15) is 0 Å². The molecule has 47 heavy (non-hydrogen) atoms. The standard InChI is InChI=1S/C44H31N3/c1-44(2)38-26-31(19-20-35(38)37-24-29-14-6-7-15-30(29)25-39(37)44)32-21-22-36(34-17-9-8-16-33(32)34)41-27-42(40-18-10-11-23-45-40)47-43(46-41)28-12-4-3-5-13-28/h3-27H,1-2H3. The Kier molecular flexibility index (Phi) is 6.16. The fourth-order valence-corrected chi connectivity index (χ4v) is 7.31. The maximum Gasteiger partial charge on any atom is 0.160 e. The second-order valence-corrected chi connectivity index (χ2v) is 12.9. The van der Waals surface area contributed by atoms with Gasteiger partial charge in [0.25, 0.3) is 0 Å². The maximum atomic E-state index is 5.13. The third-order valence-electron chi connectivity index (χ3n) is 9.74. The van der Waals surface area contributed by atoms with Gasteiger partial charge in [-0.3, -0.25) is 4.98 Å². The minimum atomic E-state index is -0.100. The molecule has 8 aromatic rings. The number of rotatable bonds is 4. The molecule has 2 aromatic heterocycles. The van der Waals surface area contributed by atoms with Crippen LogP contribution < -0.4 is 0 Å². The Balaban J connectivity index is 1.20. The molecule has 222 valence electrons. The topological polar surface area (TPSA) is 38.7 Å². The summed E-state index contributed by atoms with van der Waals surface area (Å²) in [4.78, 5) is 14.7. The van der Waals surface area contributed by atoms with Crippen molar-refractivity contribution in [3.63, 3.8) is 0 Å². The van der Waals surface area contributed by atoms with Gasteiger partial charge in [-0.25, -0.2) is 9.97 Å². The van der Waals surface area contributed by atoms with Crippen LogP contribution >= 0.6 is 0 Å². The average molecular weight is 602 g/mol. The molecule has 0 N–H and O–H groups in total. The lowest BCUT2D eigenvalue weighted by Gasteiger charge is -2.22. The molecule has 3 nitrogen and oxygen atoms in total. The van der Waals surface area contributed by atoms with Crippen molar-refractivity contribution in [1.82, 2.24) is 15.0 Å². The monoisotopic (exact) mass is 601 g/mol. The van der Waals surface area contributed by atoms with E-state index in [1.54, 1.807) is 0 Å². The molecule has 0 saturated heterocycles. The number of pyridine rings is 1. The first-order valence-electron chi connectivity index (χ1n) is 16.1. The summed E-state index contributed by atoms with van der Waals surface area (Å²) in [6.07, 6.45) is 1.81. The number of hydrogen-bond donors (Lipinski definition) is 0. The number of hydrogen-bond acceptors (Lipinski definition) is 3. The van der Waals surface area contributed by atoms with E-state index in [4.69, 9.17) is 9.97 Å². The minimum Gasteiger partial charge on any atom is -0.255 e. The Morgan fingerprint density at radius 3 is 1.85 bits per heavy atom. The highest BCUT2D eigenvalue weighted by atomic mass is 14.9. The molecular weight excluding hydrogens is 571 g/mol. The molecule has 0 saturated carbocycles. The van der Waals surface area contributed by atoms with E-state index in [1.807, 2.05) is 42.6 Å². The third kappa shape index (κ3) is 4.46. The van der Waals surface area contributed by atoms with Crippen LogP contribution in [-0.4, -0.2) is 15.0 Å². The lowest BCUT2D eigenvalue weighted by Crippen LogP contribution is -2.15. The summed E-state index contributed by atoms with van der Waals surface area (Å²) in [5, 5.41) is 4.93. The zero-order chi connectivity index (χ0) is 31.5. The molecule has 0 bridgehead atoms. The number of fused-ring (bicyclic) bond motifs is 5. The average Bonchev–Trinajstić information content (AvgIpc) is 3.35. The zero-order valence-electron chi connectivity index (χ0n) is 26.3. The quantitative estimate of drug-likeness (QED) is 0.201. The summed E-state index contributed by atoms with van der Waals surface area (Å²) >= 11 is 0. The zero-order valence-corrected chi connectivity index (χ0v) is 26.3. The molecule has 0 unspecified atom stereocenters. The second kappa shape index (κ2) is 10.6. The van der Waals surface area contributed by atoms with Crippen molar-refractivity contribution in [2.75, 3.05) is 0 Å². The molecule has 1 aliphatic carbocycles. The van der Waals surface area contributed by atoms with Crippen molar-refractivity contribution >= 4 is 21.5 Å². The summed E-state index contributed by atoms with van der Waals surface area (Å²) < 4.78 is 0. The fourth-order valence-electron chi connectivity index (χ4n) is 7.31. The number of nitrogens with zero attached hydrogens (tertiary/aromatic N) is 3. The van der Waals surface area contributed by atoms with Gasteiger partial charge in [0, 0.05) is 22.7 Å². The SMILES string of the molecule is CC1(C)c2cc(-c3ccc(-c4cc(-c5ccccn5)nc(-c5ccccc5)n4)c4ccccc34)ccc2-c2cc3ccccc3cc21. The van der Waals surface area contributed by atoms with Crippen molar-refractivity contribution < 1.29 is 0 Å². The smallest absolute Gasteiger partial charge is 0.160 e. The summed E-state index contributed by atoms with van der Waals surface area (Å²) in [5.41, 5.74) is 12.3. The molecule has 0 spiro atoms. The molecule has 1 aliphatic rings. The minimum absolute atomic E-state index is 0.100. The van der Waals surface area contributed by atoms with Crippen LogP contribution in [0.1, 0.15) is 25.0 Å². The van der Waals surface area contributed by atoms with Gasteiger partial charge in [-0.2, -0.15) is 0 Å². The molecule has 6 aromatic carbocycles. The fraction of sp³-hybridized carbons (Fsp3) is 0.0682. The Hall–Kier alpha value is -5.93. The van der Waals surface area contributed by atoms with Crippen molar-refractivity contribution in [3.8, 4) is 56.3 Å². The third-order valence-corrected chi connectivity index (χ3v) is 9.74. The van der Waals surface area contributed by atoms with Gasteiger partial charge in [0.2, 0.25) is 0 Å². The molecule has 9 rings (SSSR count). The first kappa shape index (κ1) is 27.4. The first-order chi connectivity index (χ1) is 23.0. The second-order valence-electron chi connectivity index (χ2n) is 12.9. The normalized spacial score (nSPS) is 13.1. The predicted molar refractivity (Wildman–Crippen MR) is 194 cm³/mol. The van der Waals surface area contributed by atoms with Crippen LogP contribution in [0.15, 0.2) is 152 Å². The lowest BCUT2D eigenvalue weighted by molar-refractivity contribution is 0.661. The van der Waals surface area contributed by atoms with Gasteiger partial charge in [-0.15, -0.1) is 0 Å². The number of aromatic nitrogens is 3. The van der Waals surface area contributed by atoms with Gasteiger partial charge in [0.1, 0.15) is 0 Å². The van der Waals surface area contributed by atoms with Gasteiger partial charge in [-0.1, -0.05) is 123 Å². The summed E-state index contributed by atoms with van der Waals surface area (Å²) in [5.74, 6) is 0.685. The molecule has 0 atom stereocenters. The molecule has 0 amide bonds. The van der Waals surface area contributed by atoms with Crippen molar-refractivity contribution in [1.29, 1.82) is 0 Å². The van der Waals surface area contributed by atoms with E-state index in [0.29, 0.717) is 5.82 Å². The Morgan fingerprint density at radius 2 is 1.06 bits per heavy atom. The molecule has 3 heteroatoms. The van der Waals surface area contributed by atoms with Crippen LogP contribution in [0.4, 0.5) is 0 Å². The molecule has 2 heterocycles. The Labute approximate surface area is 274 Å². The largest absolute Gasteiger partial charge is 0.255 e. The highest BCUT2D eigenvalue weighted by molar-refractivity contribution is 6.05. The van der Waals surface area contributed by atoms with Gasteiger partial charge >= 0.3 is 0 Å². The summed E-state index contributed by atoms with van der Waals surface area (Å²) in [6.45, 7) is 4.71. The van der Waals surface area contributed by atoms with Gasteiger partial charge in [0.15, 0.2) is 5.82 Å². The highest BCUT2D eigenvalue weighted by Gasteiger charge is 2.36. The maximum absolute atomic E-state index is 5.13. The number of benzene rings is 6. The van der Waals surface area contributed by atoms with Crippen LogP contribution in [0.25, 0.3) is 77.8 Å². The molecule has 0 radical (unpaired) electrons. The lowest BCUT2D eigenvalue weighted by atomic mass is 9.81. The summed E-state index contributed by atoms with van der Waals surface area (Å²) in [6, 6.07) is 51.8. The Bertz CT molecular complexity index is 2420. The molecular formula is C44H31N3.